The van der Waals surface area contributed by atoms with E-state index < -0.39 is 31.4 Å². The number of benzene rings is 2. The Kier molecular flexibility index (Phi) is 9.32. The normalized spacial score (nSPS) is 26.7. The molecular weight excluding hydrogens is 808 g/mol. The Morgan fingerprint density at radius 2 is 1.83 bits per heavy atom. The van der Waals surface area contributed by atoms with Crippen molar-refractivity contribution in [3.05, 3.63) is 87.7 Å². The highest BCUT2D eigenvalue weighted by Crippen LogP contribution is 2.75. The first-order chi connectivity index (χ1) is 28.6. The molecule has 2 N–H and O–H groups in total. The zero-order chi connectivity index (χ0) is 41.7. The van der Waals surface area contributed by atoms with E-state index in [1.165, 1.54) is 24.8 Å². The Balaban J connectivity index is 0.867. The third-order valence-corrected chi connectivity index (χ3v) is 15.4. The number of sulfonamides is 1. The van der Waals surface area contributed by atoms with Crippen molar-refractivity contribution in [3.8, 4) is 17.2 Å². The van der Waals surface area contributed by atoms with Gasteiger partial charge in [0.25, 0.3) is 15.9 Å². The van der Waals surface area contributed by atoms with Crippen LogP contribution in [0.2, 0.25) is 0 Å². The number of amides is 1. The Bertz CT molecular complexity index is 2540. The number of alkyl halides is 1. The number of ether oxygens (including phenoxy) is 3. The van der Waals surface area contributed by atoms with Crippen LogP contribution in [-0.2, 0) is 14.8 Å². The Morgan fingerprint density at radius 1 is 1.05 bits per heavy atom. The first kappa shape index (κ1) is 39.4. The van der Waals surface area contributed by atoms with Gasteiger partial charge in [-0.1, -0.05) is 25.0 Å². The van der Waals surface area contributed by atoms with Crippen LogP contribution < -0.4 is 19.1 Å². The van der Waals surface area contributed by atoms with Gasteiger partial charge < -0.3 is 24.1 Å². The number of fused-ring (bicyclic) bond motifs is 1. The topological polar surface area (TPSA) is 169 Å². The van der Waals surface area contributed by atoms with Gasteiger partial charge in [0.1, 0.15) is 23.3 Å². The highest BCUT2D eigenvalue weighted by molar-refractivity contribution is 7.90. The SMILES string of the molecule is CC1(C)CCC(CN2CCN(c3ccc(C(=O)NS(=O)(=O)c4ccc(OC5COC6(CC6)C5)c([N+](=O)[O-])c4)c(Oc4cnc5[nH]ccc5c4)c3)CC2)=C(C23CC(Cl)(C2)C3)C1. The highest BCUT2D eigenvalue weighted by atomic mass is 35.5. The lowest BCUT2D eigenvalue weighted by Gasteiger charge is -2.70. The molecule has 5 aliphatic carbocycles. The predicted octanol–water partition coefficient (Wildman–Crippen LogP) is 7.87. The Morgan fingerprint density at radius 3 is 2.55 bits per heavy atom. The van der Waals surface area contributed by atoms with E-state index >= 15 is 0 Å². The van der Waals surface area contributed by atoms with Crippen LogP contribution in [0.4, 0.5) is 11.4 Å². The van der Waals surface area contributed by atoms with Crippen molar-refractivity contribution in [2.45, 2.75) is 93.1 Å². The summed E-state index contributed by atoms with van der Waals surface area (Å²) in [7, 11) is -4.58. The fourth-order valence-electron chi connectivity index (χ4n) is 10.3. The van der Waals surface area contributed by atoms with Crippen molar-refractivity contribution in [3.63, 3.8) is 0 Å². The maximum absolute atomic E-state index is 13.9. The number of piperazine rings is 1. The number of nitro benzene ring substituents is 1. The van der Waals surface area contributed by atoms with Crippen molar-refractivity contribution in [1.29, 1.82) is 0 Å². The lowest BCUT2D eigenvalue weighted by Crippen LogP contribution is -2.65. The van der Waals surface area contributed by atoms with E-state index in [1.54, 1.807) is 41.6 Å². The number of nitrogens with one attached hydrogen (secondary N) is 2. The number of halogens is 1. The summed E-state index contributed by atoms with van der Waals surface area (Å²) in [5.41, 5.74) is 4.66. The van der Waals surface area contributed by atoms with Gasteiger partial charge in [0.15, 0.2) is 5.75 Å². The molecule has 316 valence electrons. The number of carbonyl (C=O) groups excluding carboxylic acids is 1. The van der Waals surface area contributed by atoms with E-state index in [1.807, 2.05) is 6.07 Å². The molecule has 2 aromatic heterocycles. The van der Waals surface area contributed by atoms with Crippen LogP contribution in [0.25, 0.3) is 11.0 Å². The molecular formula is C44H49ClN6O8S. The summed E-state index contributed by atoms with van der Waals surface area (Å²) in [5.74, 6) is -0.528. The van der Waals surface area contributed by atoms with Crippen molar-refractivity contribution in [1.82, 2.24) is 19.6 Å². The van der Waals surface area contributed by atoms with Gasteiger partial charge in [-0.25, -0.2) is 18.1 Å². The quantitative estimate of drug-likeness (QED) is 0.0616. The minimum absolute atomic E-state index is 0.0353. The smallest absolute Gasteiger partial charge is 0.312 e. The summed E-state index contributed by atoms with van der Waals surface area (Å²) in [6.45, 7) is 9.30. The zero-order valence-corrected chi connectivity index (χ0v) is 35.4. The number of allylic oxidation sites excluding steroid dienone is 1. The first-order valence-electron chi connectivity index (χ1n) is 20.9. The molecule has 60 heavy (non-hydrogen) atoms. The number of nitrogens with zero attached hydrogens (tertiary/aromatic N) is 4. The van der Waals surface area contributed by atoms with Crippen molar-refractivity contribution in [2.75, 3.05) is 44.2 Å². The molecule has 11 rings (SSSR count). The molecule has 2 bridgehead atoms. The van der Waals surface area contributed by atoms with Gasteiger partial charge in [0, 0.05) is 73.4 Å². The summed E-state index contributed by atoms with van der Waals surface area (Å²) in [6, 6.07) is 12.1. The number of H-pyrrole nitrogens is 1. The molecule has 1 spiro atoms. The number of carbonyl (C=O) groups is 1. The molecule has 14 nitrogen and oxygen atoms in total. The summed E-state index contributed by atoms with van der Waals surface area (Å²) >= 11 is 6.74. The molecule has 2 saturated heterocycles. The minimum atomic E-state index is -4.58. The van der Waals surface area contributed by atoms with E-state index in [4.69, 9.17) is 25.8 Å². The predicted molar refractivity (Wildman–Crippen MR) is 225 cm³/mol. The van der Waals surface area contributed by atoms with Crippen LogP contribution in [-0.4, -0.2) is 90.0 Å². The molecule has 4 heterocycles. The number of aromatic amines is 1. The second kappa shape index (κ2) is 14.2. The highest BCUT2D eigenvalue weighted by Gasteiger charge is 2.69. The van der Waals surface area contributed by atoms with Crippen molar-refractivity contribution >= 4 is 49.9 Å². The van der Waals surface area contributed by atoms with E-state index in [-0.39, 0.29) is 33.6 Å². The average Bonchev–Trinajstić information content (AvgIpc) is 3.58. The van der Waals surface area contributed by atoms with Gasteiger partial charge in [0.05, 0.1) is 33.8 Å². The number of pyridine rings is 1. The van der Waals surface area contributed by atoms with Gasteiger partial charge >= 0.3 is 5.69 Å². The van der Waals surface area contributed by atoms with Gasteiger partial charge in [0.2, 0.25) is 0 Å². The van der Waals surface area contributed by atoms with Crippen LogP contribution in [0.5, 0.6) is 17.2 Å². The van der Waals surface area contributed by atoms with Gasteiger partial charge in [-0.15, -0.1) is 11.6 Å². The number of hydrogen-bond donors (Lipinski definition) is 2. The molecule has 1 atom stereocenters. The molecule has 4 aromatic rings. The molecule has 16 heteroatoms. The maximum Gasteiger partial charge on any atom is 0.312 e. The standard InChI is InChI=1S/C44H49ClN6O8S/c1-41(2)9-7-29(35(21-41)42-25-43(45,26-42)27-42)23-49-13-15-50(16-14-49)30-3-5-34(38(18-30)58-31-17-28-8-12-46-39(28)47-22-31)40(52)48-60(55,56)33-4-6-37(36(19-33)51(53)54)59-32-20-44(10-11-44)57-24-32/h3-6,8,12,17-19,22,32H,7,9-11,13-16,20-21,23-27H2,1-2H3,(H,46,47)(H,48,52). The zero-order valence-electron chi connectivity index (χ0n) is 33.8. The van der Waals surface area contributed by atoms with E-state index in [2.05, 4.69) is 38.3 Å². The summed E-state index contributed by atoms with van der Waals surface area (Å²) in [6.07, 6.45) is 12.2. The maximum atomic E-state index is 13.9. The monoisotopic (exact) mass is 856 g/mol. The fourth-order valence-corrected chi connectivity index (χ4v) is 12.0. The van der Waals surface area contributed by atoms with Gasteiger partial charge in [-0.3, -0.25) is 19.8 Å². The summed E-state index contributed by atoms with van der Waals surface area (Å²) in [4.78, 5) is 37.1. The summed E-state index contributed by atoms with van der Waals surface area (Å²) in [5, 5.41) is 12.9. The molecule has 4 saturated carbocycles. The van der Waals surface area contributed by atoms with E-state index in [9.17, 15) is 23.3 Å². The van der Waals surface area contributed by atoms with E-state index in [0.29, 0.717) is 35.3 Å². The third kappa shape index (κ3) is 7.41. The summed E-state index contributed by atoms with van der Waals surface area (Å²) < 4.78 is 47.5. The van der Waals surface area contributed by atoms with Gasteiger partial charge in [-0.05, 0) is 98.6 Å². The molecule has 6 fully saturated rings. The number of rotatable bonds is 12. The Labute approximate surface area is 353 Å². The minimum Gasteiger partial charge on any atom is -0.481 e. The second-order valence-corrected chi connectivity index (χ2v) is 21.3. The number of aromatic nitrogens is 2. The lowest BCUT2D eigenvalue weighted by molar-refractivity contribution is -0.386. The molecule has 0 radical (unpaired) electrons. The van der Waals surface area contributed by atoms with Crippen molar-refractivity contribution < 1.29 is 32.3 Å². The van der Waals surface area contributed by atoms with Crippen LogP contribution in [0.3, 0.4) is 0 Å². The van der Waals surface area contributed by atoms with Crippen LogP contribution in [0, 0.1) is 20.9 Å². The average molecular weight is 857 g/mol. The molecule has 2 aliphatic heterocycles. The van der Waals surface area contributed by atoms with E-state index in [0.717, 1.165) is 94.8 Å². The van der Waals surface area contributed by atoms with Crippen LogP contribution >= 0.6 is 11.6 Å². The Hall–Kier alpha value is -4.70. The van der Waals surface area contributed by atoms with Crippen molar-refractivity contribution in [2.24, 2.45) is 10.8 Å². The number of hydrogen-bond acceptors (Lipinski definition) is 11. The van der Waals surface area contributed by atoms with Crippen LogP contribution in [0.15, 0.2) is 77.0 Å². The molecule has 1 amide bonds. The first-order valence-corrected chi connectivity index (χ1v) is 22.7. The van der Waals surface area contributed by atoms with Crippen LogP contribution in [0.1, 0.15) is 82.0 Å². The molecule has 2 aromatic carbocycles. The lowest BCUT2D eigenvalue weighted by atomic mass is 9.39. The molecule has 7 aliphatic rings. The molecule has 1 unspecified atom stereocenters. The van der Waals surface area contributed by atoms with Gasteiger partial charge in [-0.2, -0.15) is 0 Å². The number of anilines is 1. The second-order valence-electron chi connectivity index (χ2n) is 18.8. The largest absolute Gasteiger partial charge is 0.481 e. The fraction of sp³-hybridized carbons (Fsp3) is 0.500. The number of nitro groups is 1. The third-order valence-electron chi connectivity index (χ3n) is 13.7.